The van der Waals surface area contributed by atoms with E-state index in [0.29, 0.717) is 6.61 Å². The van der Waals surface area contributed by atoms with Crippen molar-refractivity contribution in [3.05, 3.63) is 60.2 Å². The first-order chi connectivity index (χ1) is 10.3. The van der Waals surface area contributed by atoms with E-state index in [1.807, 2.05) is 30.3 Å². The number of ether oxygens (including phenoxy) is 1. The molecule has 0 atom stereocenters. The van der Waals surface area contributed by atoms with Crippen molar-refractivity contribution in [1.82, 2.24) is 0 Å². The third-order valence-electron chi connectivity index (χ3n) is 3.85. The molecular weight excluding hydrogens is 258 g/mol. The Morgan fingerprint density at radius 2 is 1.57 bits per heavy atom. The highest BCUT2D eigenvalue weighted by atomic mass is 16.5. The SMILES string of the molecule is CCC(CC)CNc1ccc(OCc2ccccc2)cc1. The molecule has 112 valence electrons. The van der Waals surface area contributed by atoms with E-state index in [4.69, 9.17) is 4.74 Å². The highest BCUT2D eigenvalue weighted by molar-refractivity contribution is 5.46. The second-order valence-corrected chi connectivity index (χ2v) is 5.36. The Hall–Kier alpha value is -1.96. The van der Waals surface area contributed by atoms with Gasteiger partial charge < -0.3 is 10.1 Å². The first-order valence-corrected chi connectivity index (χ1v) is 7.82. The molecule has 1 N–H and O–H groups in total. The molecule has 0 aliphatic heterocycles. The van der Waals surface area contributed by atoms with Crippen molar-refractivity contribution in [3.63, 3.8) is 0 Å². The fraction of sp³-hybridized carbons (Fsp3) is 0.368. The van der Waals surface area contributed by atoms with Gasteiger partial charge in [-0.15, -0.1) is 0 Å². The third kappa shape index (κ3) is 5.14. The van der Waals surface area contributed by atoms with Crippen LogP contribution in [0.1, 0.15) is 32.3 Å². The lowest BCUT2D eigenvalue weighted by molar-refractivity contribution is 0.306. The molecule has 0 bridgehead atoms. The molecule has 0 saturated carbocycles. The zero-order chi connectivity index (χ0) is 14.9. The van der Waals surface area contributed by atoms with Crippen molar-refractivity contribution in [2.75, 3.05) is 11.9 Å². The van der Waals surface area contributed by atoms with Crippen LogP contribution in [0.25, 0.3) is 0 Å². The molecular formula is C19H25NO. The Morgan fingerprint density at radius 1 is 0.905 bits per heavy atom. The summed E-state index contributed by atoms with van der Waals surface area (Å²) >= 11 is 0. The van der Waals surface area contributed by atoms with E-state index in [1.54, 1.807) is 0 Å². The standard InChI is InChI=1S/C19H25NO/c1-3-16(4-2)14-20-18-10-12-19(13-11-18)21-15-17-8-6-5-7-9-17/h5-13,16,20H,3-4,14-15H2,1-2H3. The lowest BCUT2D eigenvalue weighted by Gasteiger charge is -2.14. The monoisotopic (exact) mass is 283 g/mol. The van der Waals surface area contributed by atoms with Crippen molar-refractivity contribution in [2.24, 2.45) is 5.92 Å². The van der Waals surface area contributed by atoms with Crippen LogP contribution in [0.2, 0.25) is 0 Å². The molecule has 0 aliphatic carbocycles. The van der Waals surface area contributed by atoms with Gasteiger partial charge in [0.05, 0.1) is 0 Å². The van der Waals surface area contributed by atoms with Crippen molar-refractivity contribution in [1.29, 1.82) is 0 Å². The molecule has 0 spiro atoms. The van der Waals surface area contributed by atoms with Crippen molar-refractivity contribution in [2.45, 2.75) is 33.3 Å². The quantitative estimate of drug-likeness (QED) is 0.726. The Balaban J connectivity index is 1.81. The number of hydrogen-bond acceptors (Lipinski definition) is 2. The molecule has 0 aliphatic rings. The molecule has 2 aromatic rings. The fourth-order valence-corrected chi connectivity index (χ4v) is 2.25. The maximum Gasteiger partial charge on any atom is 0.119 e. The number of rotatable bonds is 8. The molecule has 0 radical (unpaired) electrons. The van der Waals surface area contributed by atoms with Crippen LogP contribution in [0.3, 0.4) is 0 Å². The van der Waals surface area contributed by atoms with Crippen molar-refractivity contribution >= 4 is 5.69 Å². The van der Waals surface area contributed by atoms with E-state index in [9.17, 15) is 0 Å². The normalized spacial score (nSPS) is 10.6. The van der Waals surface area contributed by atoms with Crippen LogP contribution >= 0.6 is 0 Å². The van der Waals surface area contributed by atoms with E-state index in [2.05, 4.69) is 43.4 Å². The highest BCUT2D eigenvalue weighted by Gasteiger charge is 2.03. The van der Waals surface area contributed by atoms with Crippen LogP contribution in [0.5, 0.6) is 5.75 Å². The number of hydrogen-bond donors (Lipinski definition) is 1. The molecule has 2 aromatic carbocycles. The summed E-state index contributed by atoms with van der Waals surface area (Å²) in [4.78, 5) is 0. The highest BCUT2D eigenvalue weighted by Crippen LogP contribution is 2.18. The van der Waals surface area contributed by atoms with Crippen LogP contribution in [0, 0.1) is 5.92 Å². The van der Waals surface area contributed by atoms with Crippen LogP contribution in [-0.4, -0.2) is 6.54 Å². The fourth-order valence-electron chi connectivity index (χ4n) is 2.25. The lowest BCUT2D eigenvalue weighted by Crippen LogP contribution is -2.12. The minimum Gasteiger partial charge on any atom is -0.489 e. The summed E-state index contributed by atoms with van der Waals surface area (Å²) in [5, 5.41) is 3.49. The van der Waals surface area contributed by atoms with Gasteiger partial charge in [0.25, 0.3) is 0 Å². The average molecular weight is 283 g/mol. The maximum atomic E-state index is 5.79. The Bertz CT molecular complexity index is 503. The lowest BCUT2D eigenvalue weighted by atomic mass is 10.0. The summed E-state index contributed by atoms with van der Waals surface area (Å²) < 4.78 is 5.79. The second kappa shape index (κ2) is 8.35. The van der Waals surface area contributed by atoms with Gasteiger partial charge in [-0.1, -0.05) is 57.0 Å². The topological polar surface area (TPSA) is 21.3 Å². The van der Waals surface area contributed by atoms with Crippen LogP contribution in [0.15, 0.2) is 54.6 Å². The van der Waals surface area contributed by atoms with Gasteiger partial charge in [-0.25, -0.2) is 0 Å². The van der Waals surface area contributed by atoms with Gasteiger partial charge in [-0.05, 0) is 35.7 Å². The Labute approximate surface area is 128 Å². The minimum atomic E-state index is 0.612. The zero-order valence-electron chi connectivity index (χ0n) is 13.0. The second-order valence-electron chi connectivity index (χ2n) is 5.36. The first-order valence-electron chi connectivity index (χ1n) is 7.82. The van der Waals surface area contributed by atoms with Gasteiger partial charge in [-0.3, -0.25) is 0 Å². The molecule has 0 amide bonds. The molecule has 0 aromatic heterocycles. The molecule has 21 heavy (non-hydrogen) atoms. The van der Waals surface area contributed by atoms with E-state index in [-0.39, 0.29) is 0 Å². The van der Waals surface area contributed by atoms with Gasteiger partial charge >= 0.3 is 0 Å². The average Bonchev–Trinajstić information content (AvgIpc) is 2.56. The Morgan fingerprint density at radius 3 is 2.19 bits per heavy atom. The van der Waals surface area contributed by atoms with Crippen LogP contribution < -0.4 is 10.1 Å². The smallest absolute Gasteiger partial charge is 0.119 e. The predicted molar refractivity (Wildman–Crippen MR) is 89.8 cm³/mol. The molecule has 0 unspecified atom stereocenters. The largest absolute Gasteiger partial charge is 0.489 e. The van der Waals surface area contributed by atoms with Crippen molar-refractivity contribution < 1.29 is 4.74 Å². The molecule has 0 heterocycles. The van der Waals surface area contributed by atoms with E-state index in [1.165, 1.54) is 18.4 Å². The van der Waals surface area contributed by atoms with Crippen LogP contribution in [-0.2, 0) is 6.61 Å². The first kappa shape index (κ1) is 15.4. The van der Waals surface area contributed by atoms with Gasteiger partial charge in [0, 0.05) is 12.2 Å². The van der Waals surface area contributed by atoms with Crippen LogP contribution in [0.4, 0.5) is 5.69 Å². The van der Waals surface area contributed by atoms with E-state index in [0.717, 1.165) is 23.9 Å². The molecule has 2 nitrogen and oxygen atoms in total. The Kier molecular flexibility index (Phi) is 6.14. The number of benzene rings is 2. The number of anilines is 1. The molecule has 2 rings (SSSR count). The summed E-state index contributed by atoms with van der Waals surface area (Å²) in [5.41, 5.74) is 2.35. The van der Waals surface area contributed by atoms with Gasteiger partial charge in [0.15, 0.2) is 0 Å². The van der Waals surface area contributed by atoms with Gasteiger partial charge in [0.1, 0.15) is 12.4 Å². The summed E-state index contributed by atoms with van der Waals surface area (Å²) in [5.74, 6) is 1.66. The van der Waals surface area contributed by atoms with Crippen molar-refractivity contribution in [3.8, 4) is 5.75 Å². The molecule has 0 fully saturated rings. The third-order valence-corrected chi connectivity index (χ3v) is 3.85. The maximum absolute atomic E-state index is 5.79. The zero-order valence-corrected chi connectivity index (χ0v) is 13.0. The van der Waals surface area contributed by atoms with E-state index < -0.39 is 0 Å². The summed E-state index contributed by atoms with van der Waals surface area (Å²) in [7, 11) is 0. The summed E-state index contributed by atoms with van der Waals surface area (Å²) in [6, 6.07) is 18.5. The predicted octanol–water partition coefficient (Wildman–Crippen LogP) is 5.11. The summed E-state index contributed by atoms with van der Waals surface area (Å²) in [6.45, 7) is 6.14. The molecule has 0 saturated heterocycles. The number of nitrogens with one attached hydrogen (secondary N) is 1. The molecule has 2 heteroatoms. The van der Waals surface area contributed by atoms with Gasteiger partial charge in [0.2, 0.25) is 0 Å². The minimum absolute atomic E-state index is 0.612. The summed E-state index contributed by atoms with van der Waals surface area (Å²) in [6.07, 6.45) is 2.45. The van der Waals surface area contributed by atoms with Gasteiger partial charge in [-0.2, -0.15) is 0 Å². The van der Waals surface area contributed by atoms with E-state index >= 15 is 0 Å².